The van der Waals surface area contributed by atoms with Crippen molar-refractivity contribution in [1.82, 2.24) is 4.98 Å². The number of benzene rings is 6. The van der Waals surface area contributed by atoms with Gasteiger partial charge in [-0.25, -0.2) is 92.6 Å². The van der Waals surface area contributed by atoms with Gasteiger partial charge in [0, 0.05) is 5.56 Å². The van der Waals surface area contributed by atoms with Gasteiger partial charge in [-0.15, -0.1) is 21.9 Å². The lowest BCUT2D eigenvalue weighted by Gasteiger charge is -2.44. The number of nitrogens with zero attached hydrogens (tertiary/aromatic N) is 2. The Hall–Kier alpha value is -7.80. The van der Waals surface area contributed by atoms with Crippen LogP contribution >= 0.6 is 0 Å². The molecule has 0 amide bonds. The van der Waals surface area contributed by atoms with Crippen molar-refractivity contribution in [2.24, 2.45) is 0 Å². The van der Waals surface area contributed by atoms with E-state index in [1.807, 2.05) is 25.1 Å². The fourth-order valence-electron chi connectivity index (χ4n) is 7.20. The van der Waals surface area contributed by atoms with Crippen LogP contribution < -0.4 is 31.2 Å². The molecule has 0 radical (unpaired) electrons. The summed E-state index contributed by atoms with van der Waals surface area (Å²) in [5, 5.41) is 0. The molecule has 0 N–H and O–H groups in total. The zero-order valence-corrected chi connectivity index (χ0v) is 33.9. The summed E-state index contributed by atoms with van der Waals surface area (Å²) < 4.78 is 301. The van der Waals surface area contributed by atoms with Gasteiger partial charge < -0.3 is 4.74 Å². The van der Waals surface area contributed by atoms with Gasteiger partial charge in [0.25, 0.3) is 0 Å². The van der Waals surface area contributed by atoms with Gasteiger partial charge in [0.2, 0.25) is 12.3 Å². The van der Waals surface area contributed by atoms with E-state index in [0.717, 1.165) is 5.56 Å². The number of hydrogen-bond acceptors (Lipinski definition) is 4. The Morgan fingerprint density at radius 2 is 0.771 bits per heavy atom. The minimum absolute atomic E-state index is 0.0326. The third-order valence-corrected chi connectivity index (χ3v) is 10.4. The molecule has 0 spiro atoms. The second kappa shape index (κ2) is 19.7. The van der Waals surface area contributed by atoms with Crippen molar-refractivity contribution in [2.75, 3.05) is 0 Å². The molecule has 70 heavy (non-hydrogen) atoms. The zero-order chi connectivity index (χ0) is 52.0. The Balaban J connectivity index is 0.000000270. The maximum absolute atomic E-state index is 15.4. The number of hydrogen-bond donors (Lipinski definition) is 0. The van der Waals surface area contributed by atoms with Crippen LogP contribution in [-0.4, -0.2) is 22.9 Å². The lowest BCUT2D eigenvalue weighted by Crippen LogP contribution is -2.81. The Bertz CT molecular complexity index is 2890. The first-order valence-electron chi connectivity index (χ1n) is 18.8. The van der Waals surface area contributed by atoms with E-state index < -0.39 is 150 Å². The number of esters is 1. The average Bonchev–Trinajstić information content (AvgIpc) is 3.35. The molecule has 1 heterocycles. The number of ether oxygens (including phenoxy) is 1. The monoisotopic (exact) mass is 1010 g/mol. The van der Waals surface area contributed by atoms with Crippen LogP contribution in [-0.2, 0) is 6.54 Å². The van der Waals surface area contributed by atoms with E-state index in [9.17, 15) is 62.3 Å². The van der Waals surface area contributed by atoms with Crippen molar-refractivity contribution in [2.45, 2.75) is 13.5 Å². The average molecular weight is 1010 g/mol. The predicted molar refractivity (Wildman–Crippen MR) is 201 cm³/mol. The fourth-order valence-corrected chi connectivity index (χ4v) is 7.20. The van der Waals surface area contributed by atoms with Gasteiger partial charge in [-0.1, -0.05) is 48.0 Å². The van der Waals surface area contributed by atoms with Gasteiger partial charge in [-0.3, -0.25) is 9.78 Å². The van der Waals surface area contributed by atoms with Gasteiger partial charge >= 0.3 is 11.7 Å². The molecule has 5 nitrogen and oxygen atoms in total. The molecular formula is C44H17BF20N2O3. The summed E-state index contributed by atoms with van der Waals surface area (Å²) >= 11 is 0. The summed E-state index contributed by atoms with van der Waals surface area (Å²) in [6.45, 7) is 1.99. The molecular weight excluding hydrogens is 995 g/mol. The molecule has 0 saturated carbocycles. The SMILES string of the molecule is Cc1ccc(OC(=O)c2cncc[n+]2CC(=O)c2ccccc2)cc1.Fc1c(F)c(F)c([B-](c2c(F)c(F)c(F)c(F)c2F)(c2c(F)c(F)c(F)c(F)c2F)c2c(F)c(F)c(F)c(F)c2F)c(F)c1F. The van der Waals surface area contributed by atoms with E-state index in [1.54, 1.807) is 47.2 Å². The minimum Gasteiger partial charge on any atom is -0.419 e. The molecule has 0 aliphatic carbocycles. The normalized spacial score (nSPS) is 11.4. The lowest BCUT2D eigenvalue weighted by atomic mass is 9.12. The molecule has 0 unspecified atom stereocenters. The molecule has 364 valence electrons. The van der Waals surface area contributed by atoms with E-state index in [4.69, 9.17) is 4.74 Å². The third-order valence-electron chi connectivity index (χ3n) is 10.4. The number of Topliss-reactive ketones (excluding diaryl/α,β-unsaturated/α-hetero) is 1. The standard InChI is InChI=1S/C24BF20.C20H17N2O3/c26-5-1(6(27)14(35)21(42)13(5)34)25(2-7(28)15(36)22(43)16(37)8(2)29,3-9(30)17(38)23(44)18(39)10(3)31)4-11(32)19(40)24(45)20(41)12(4)33;1-15-7-9-17(10-8-15)25-20(24)18-13-21-11-12-22(18)14-19(23)16-5-3-2-4-6-16/h;2-13H,14H2,1H3/q-1;+1. The van der Waals surface area contributed by atoms with Crippen molar-refractivity contribution in [3.05, 3.63) is 206 Å². The van der Waals surface area contributed by atoms with Crippen LogP contribution in [0.25, 0.3) is 0 Å². The van der Waals surface area contributed by atoms with E-state index in [1.165, 1.54) is 12.4 Å². The number of aromatic nitrogens is 2. The Labute approximate surface area is 376 Å². The number of carbonyl (C=O) groups excluding carboxylic acids is 2. The summed E-state index contributed by atoms with van der Waals surface area (Å²) in [5.74, 6) is -71.6. The summed E-state index contributed by atoms with van der Waals surface area (Å²) in [7, 11) is 0. The third kappa shape index (κ3) is 8.54. The Morgan fingerprint density at radius 3 is 1.10 bits per heavy atom. The highest BCUT2D eigenvalue weighted by molar-refractivity contribution is 7.20. The van der Waals surface area contributed by atoms with Gasteiger partial charge in [-0.2, -0.15) is 4.57 Å². The Morgan fingerprint density at radius 1 is 0.457 bits per heavy atom. The van der Waals surface area contributed by atoms with Crippen LogP contribution in [0.5, 0.6) is 5.75 Å². The largest absolute Gasteiger partial charge is 0.419 e. The molecule has 6 aromatic carbocycles. The molecule has 0 atom stereocenters. The van der Waals surface area contributed by atoms with Gasteiger partial charge in [0.15, 0.2) is 76.0 Å². The molecule has 0 saturated heterocycles. The van der Waals surface area contributed by atoms with E-state index in [0.29, 0.717) is 11.3 Å². The molecule has 0 bridgehead atoms. The van der Waals surface area contributed by atoms with Crippen LogP contribution in [0.1, 0.15) is 26.4 Å². The first-order chi connectivity index (χ1) is 32.8. The molecule has 7 rings (SSSR count). The van der Waals surface area contributed by atoms with Gasteiger partial charge in [-0.05, 0) is 19.1 Å². The first-order valence-corrected chi connectivity index (χ1v) is 18.8. The maximum Gasteiger partial charge on any atom is 0.410 e. The fraction of sp³-hybridized carbons (Fsp3) is 0.0455. The highest BCUT2D eigenvalue weighted by Gasteiger charge is 2.52. The quantitative estimate of drug-likeness (QED) is 0.0213. The summed E-state index contributed by atoms with van der Waals surface area (Å²) in [6.07, 6.45) is -2.70. The lowest BCUT2D eigenvalue weighted by molar-refractivity contribution is -0.686. The molecule has 26 heteroatoms. The Kier molecular flexibility index (Phi) is 14.5. The molecule has 0 aliphatic heterocycles. The molecule has 0 aliphatic rings. The highest BCUT2D eigenvalue weighted by atomic mass is 19.2. The number of halogens is 20. The number of aryl methyl sites for hydroxylation is 1. The van der Waals surface area contributed by atoms with Crippen molar-refractivity contribution in [3.63, 3.8) is 0 Å². The van der Waals surface area contributed by atoms with Crippen LogP contribution in [0.2, 0.25) is 0 Å². The van der Waals surface area contributed by atoms with E-state index in [2.05, 4.69) is 4.98 Å². The van der Waals surface area contributed by atoms with E-state index >= 15 is 35.1 Å². The van der Waals surface area contributed by atoms with Crippen molar-refractivity contribution in [1.29, 1.82) is 0 Å². The smallest absolute Gasteiger partial charge is 0.410 e. The van der Waals surface area contributed by atoms with Crippen molar-refractivity contribution < 1.29 is 107 Å². The number of ketones is 1. The zero-order valence-electron chi connectivity index (χ0n) is 33.9. The topological polar surface area (TPSA) is 60.1 Å². The van der Waals surface area contributed by atoms with Crippen LogP contribution in [0.4, 0.5) is 87.8 Å². The van der Waals surface area contributed by atoms with Gasteiger partial charge in [0.05, 0.1) is 6.20 Å². The predicted octanol–water partition coefficient (Wildman–Crippen LogP) is 8.63. The maximum atomic E-state index is 15.4. The van der Waals surface area contributed by atoms with Crippen molar-refractivity contribution >= 4 is 39.7 Å². The summed E-state index contributed by atoms with van der Waals surface area (Å²) in [6, 6.07) is 16.1. The van der Waals surface area contributed by atoms with Crippen LogP contribution in [0.3, 0.4) is 0 Å². The highest BCUT2D eigenvalue weighted by Crippen LogP contribution is 2.31. The van der Waals surface area contributed by atoms with Crippen LogP contribution in [0, 0.1) is 123 Å². The van der Waals surface area contributed by atoms with Gasteiger partial charge in [0.1, 0.15) is 64.6 Å². The molecule has 1 aromatic heterocycles. The number of carbonyl (C=O) groups is 2. The minimum atomic E-state index is -7.22. The summed E-state index contributed by atoms with van der Waals surface area (Å²) in [5.41, 5.74) is -12.5. The van der Waals surface area contributed by atoms with E-state index in [-0.39, 0.29) is 18.0 Å². The molecule has 0 fully saturated rings. The second-order valence-electron chi connectivity index (χ2n) is 14.4. The first kappa shape index (κ1) is 51.6. The van der Waals surface area contributed by atoms with Crippen LogP contribution in [0.15, 0.2) is 73.2 Å². The number of rotatable bonds is 9. The summed E-state index contributed by atoms with van der Waals surface area (Å²) in [4.78, 5) is 28.8. The second-order valence-corrected chi connectivity index (χ2v) is 14.4. The molecule has 7 aromatic rings. The van der Waals surface area contributed by atoms with Crippen molar-refractivity contribution in [3.8, 4) is 5.75 Å².